The Hall–Kier alpha value is -1.21. The number of amides is 1. The van der Waals surface area contributed by atoms with Gasteiger partial charge in [-0.2, -0.15) is 0 Å². The summed E-state index contributed by atoms with van der Waals surface area (Å²) >= 11 is 1.75. The van der Waals surface area contributed by atoms with Crippen molar-refractivity contribution in [2.45, 2.75) is 32.1 Å². The number of thiazole rings is 1. The summed E-state index contributed by atoms with van der Waals surface area (Å²) in [5.41, 5.74) is 1.24. The van der Waals surface area contributed by atoms with Crippen LogP contribution in [0.5, 0.6) is 0 Å². The third-order valence-electron chi connectivity index (χ3n) is 3.75. The number of hydrogen-bond donors (Lipinski definition) is 1. The molecule has 0 spiro atoms. The molecule has 0 unspecified atom stereocenters. The summed E-state index contributed by atoms with van der Waals surface area (Å²) < 4.78 is 22.5. The molecule has 1 N–H and O–H groups in total. The number of carbonyl (C=O) groups excluding carboxylic acids is 1. The number of fused-ring (bicyclic) bond motifs is 1. The number of nitrogens with zero attached hydrogens (tertiary/aromatic N) is 1. The molecule has 0 saturated heterocycles. The van der Waals surface area contributed by atoms with Crippen molar-refractivity contribution in [1.29, 1.82) is 0 Å². The van der Waals surface area contributed by atoms with Crippen molar-refractivity contribution in [2.75, 3.05) is 12.3 Å². The Morgan fingerprint density at radius 2 is 2.29 bits per heavy atom. The van der Waals surface area contributed by atoms with E-state index in [0.29, 0.717) is 6.54 Å². The normalized spacial score (nSPS) is 22.4. The first-order chi connectivity index (χ1) is 10.0. The highest BCUT2D eigenvalue weighted by Crippen LogP contribution is 2.27. The van der Waals surface area contributed by atoms with Crippen LogP contribution in [0.3, 0.4) is 0 Å². The zero-order valence-corrected chi connectivity index (χ0v) is 13.3. The van der Waals surface area contributed by atoms with Crippen molar-refractivity contribution < 1.29 is 13.2 Å². The number of aryl methyl sites for hydroxylation is 2. The van der Waals surface area contributed by atoms with Gasteiger partial charge in [0.1, 0.15) is 0 Å². The molecule has 1 atom stereocenters. The number of sulfone groups is 1. The summed E-state index contributed by atoms with van der Waals surface area (Å²) in [6.45, 7) is 0.564. The second kappa shape index (κ2) is 5.88. The Bertz CT molecular complexity index is 655. The van der Waals surface area contributed by atoms with Crippen molar-refractivity contribution >= 4 is 27.1 Å². The van der Waals surface area contributed by atoms with Crippen LogP contribution in [0.2, 0.25) is 0 Å². The molecule has 1 amide bonds. The van der Waals surface area contributed by atoms with Gasteiger partial charge in [-0.1, -0.05) is 6.08 Å². The molecule has 0 aromatic carbocycles. The van der Waals surface area contributed by atoms with Crippen molar-refractivity contribution in [3.63, 3.8) is 0 Å². The molecular weight excluding hydrogens is 308 g/mol. The van der Waals surface area contributed by atoms with Gasteiger partial charge in [0.25, 0.3) is 0 Å². The van der Waals surface area contributed by atoms with E-state index in [1.165, 1.54) is 22.4 Å². The summed E-state index contributed by atoms with van der Waals surface area (Å²) in [5, 5.41) is 5.15. The van der Waals surface area contributed by atoms with Crippen LogP contribution in [0.15, 0.2) is 11.5 Å². The number of allylic oxidation sites excluding steroid dienone is 1. The van der Waals surface area contributed by atoms with Crippen LogP contribution in [0.1, 0.15) is 28.4 Å². The van der Waals surface area contributed by atoms with Crippen LogP contribution in [0.4, 0.5) is 0 Å². The van der Waals surface area contributed by atoms with Gasteiger partial charge in [-0.05, 0) is 19.3 Å². The fraction of sp³-hybridized carbons (Fsp3) is 0.571. The van der Waals surface area contributed by atoms with Crippen molar-refractivity contribution in [2.24, 2.45) is 5.92 Å². The number of aromatic nitrogens is 1. The molecule has 21 heavy (non-hydrogen) atoms. The second-order valence-electron chi connectivity index (χ2n) is 5.55. The second-order valence-corrected chi connectivity index (χ2v) is 8.65. The topological polar surface area (TPSA) is 76.1 Å². The molecule has 1 aliphatic carbocycles. The molecule has 2 heterocycles. The van der Waals surface area contributed by atoms with E-state index in [1.54, 1.807) is 17.4 Å². The Labute approximate surface area is 128 Å². The maximum atomic E-state index is 11.8. The summed E-state index contributed by atoms with van der Waals surface area (Å²) in [7, 11) is -3.07. The first-order valence-corrected chi connectivity index (χ1v) is 9.70. The molecule has 0 bridgehead atoms. The molecule has 1 aliphatic heterocycles. The third kappa shape index (κ3) is 3.71. The quantitative estimate of drug-likeness (QED) is 0.883. The van der Waals surface area contributed by atoms with E-state index in [1.807, 2.05) is 0 Å². The van der Waals surface area contributed by atoms with Gasteiger partial charge < -0.3 is 5.32 Å². The number of carbonyl (C=O) groups is 1. The van der Waals surface area contributed by atoms with Crippen LogP contribution >= 0.6 is 11.3 Å². The summed E-state index contributed by atoms with van der Waals surface area (Å²) in [6.07, 6.45) is 6.04. The largest absolute Gasteiger partial charge is 0.356 e. The van der Waals surface area contributed by atoms with Gasteiger partial charge in [0.15, 0.2) is 9.84 Å². The highest BCUT2D eigenvalue weighted by atomic mass is 32.2. The lowest BCUT2D eigenvalue weighted by Crippen LogP contribution is -2.27. The van der Waals surface area contributed by atoms with E-state index in [9.17, 15) is 13.2 Å². The van der Waals surface area contributed by atoms with E-state index in [-0.39, 0.29) is 24.0 Å². The van der Waals surface area contributed by atoms with Gasteiger partial charge in [-0.15, -0.1) is 11.3 Å². The fourth-order valence-corrected chi connectivity index (χ4v) is 5.29. The predicted octanol–water partition coefficient (Wildman–Crippen LogP) is 1.24. The first-order valence-electron chi connectivity index (χ1n) is 7.17. The molecule has 3 rings (SSSR count). The highest BCUT2D eigenvalue weighted by Gasteiger charge is 2.23. The monoisotopic (exact) mass is 326 g/mol. The molecule has 7 heteroatoms. The Kier molecular flexibility index (Phi) is 4.12. The zero-order chi connectivity index (χ0) is 14.9. The van der Waals surface area contributed by atoms with Crippen LogP contribution in [-0.2, 0) is 33.9 Å². The minimum Gasteiger partial charge on any atom is -0.356 e. The highest BCUT2D eigenvalue weighted by molar-refractivity contribution is 7.94. The van der Waals surface area contributed by atoms with Gasteiger partial charge >= 0.3 is 0 Å². The first kappa shape index (κ1) is 14.7. The molecule has 1 aromatic rings. The molecular formula is C14H18N2O3S2. The van der Waals surface area contributed by atoms with Crippen molar-refractivity contribution in [3.8, 4) is 0 Å². The number of rotatable bonds is 5. The van der Waals surface area contributed by atoms with Crippen LogP contribution < -0.4 is 5.32 Å². The lowest BCUT2D eigenvalue weighted by Gasteiger charge is -2.07. The van der Waals surface area contributed by atoms with E-state index in [0.717, 1.165) is 24.3 Å². The van der Waals surface area contributed by atoms with Crippen LogP contribution in [0.25, 0.3) is 0 Å². The lowest BCUT2D eigenvalue weighted by atomic mass is 10.1. The predicted molar refractivity (Wildman–Crippen MR) is 81.9 cm³/mol. The third-order valence-corrected chi connectivity index (χ3v) is 6.43. The zero-order valence-electron chi connectivity index (χ0n) is 11.7. The Morgan fingerprint density at radius 3 is 3.00 bits per heavy atom. The number of hydrogen-bond acceptors (Lipinski definition) is 5. The van der Waals surface area contributed by atoms with Crippen molar-refractivity contribution in [1.82, 2.24) is 10.3 Å². The molecule has 1 aromatic heterocycles. The van der Waals surface area contributed by atoms with Gasteiger partial charge in [0.05, 0.1) is 16.5 Å². The number of nitrogens with one attached hydrogen (secondary N) is 1. The van der Waals surface area contributed by atoms with Gasteiger partial charge in [-0.25, -0.2) is 13.4 Å². The standard InChI is InChI=1S/C14H18N2O3S2/c17-13(8-10-5-7-21(18,19)9-10)15-6-4-14-16-11-2-1-3-12(11)20-14/h5,7,10H,1-4,6,8-9H2,(H,15,17)/t10-/m1/s1. The minimum atomic E-state index is -3.07. The Morgan fingerprint density at radius 1 is 1.43 bits per heavy atom. The van der Waals surface area contributed by atoms with Gasteiger partial charge in [-0.3, -0.25) is 4.79 Å². The van der Waals surface area contributed by atoms with Gasteiger partial charge in [0, 0.05) is 35.6 Å². The van der Waals surface area contributed by atoms with Crippen molar-refractivity contribution in [3.05, 3.63) is 27.1 Å². The van der Waals surface area contributed by atoms with Crippen LogP contribution in [-0.4, -0.2) is 31.6 Å². The average Bonchev–Trinajstić information content (AvgIpc) is 3.04. The molecule has 0 saturated carbocycles. The minimum absolute atomic E-state index is 0.0552. The van der Waals surface area contributed by atoms with Gasteiger partial charge in [0.2, 0.25) is 5.91 Å². The average molecular weight is 326 g/mol. The lowest BCUT2D eigenvalue weighted by molar-refractivity contribution is -0.121. The summed E-state index contributed by atoms with van der Waals surface area (Å²) in [6, 6.07) is 0. The van der Waals surface area contributed by atoms with E-state index < -0.39 is 9.84 Å². The maximum absolute atomic E-state index is 11.8. The van der Waals surface area contributed by atoms with E-state index in [2.05, 4.69) is 10.3 Å². The fourth-order valence-electron chi connectivity index (χ4n) is 2.74. The summed E-state index contributed by atoms with van der Waals surface area (Å²) in [5.74, 6) is -0.218. The van der Waals surface area contributed by atoms with Crippen LogP contribution in [0, 0.1) is 5.92 Å². The molecule has 0 fully saturated rings. The molecule has 114 valence electrons. The Balaban J connectivity index is 1.41. The molecule has 5 nitrogen and oxygen atoms in total. The molecule has 0 radical (unpaired) electrons. The van der Waals surface area contributed by atoms with E-state index in [4.69, 9.17) is 0 Å². The smallest absolute Gasteiger partial charge is 0.220 e. The maximum Gasteiger partial charge on any atom is 0.220 e. The molecule has 2 aliphatic rings. The SMILES string of the molecule is O=C(C[C@H]1C=CS(=O)(=O)C1)NCCc1nc2c(s1)CCC2. The summed E-state index contributed by atoms with van der Waals surface area (Å²) in [4.78, 5) is 17.8. The van der Waals surface area contributed by atoms with E-state index >= 15 is 0 Å².